The van der Waals surface area contributed by atoms with Gasteiger partial charge in [0, 0.05) is 19.0 Å². The lowest BCUT2D eigenvalue weighted by Gasteiger charge is -2.36. The van der Waals surface area contributed by atoms with Gasteiger partial charge in [0.15, 0.2) is 0 Å². The fourth-order valence-electron chi connectivity index (χ4n) is 3.94. The van der Waals surface area contributed by atoms with Gasteiger partial charge in [0.1, 0.15) is 4.66 Å². The number of hydrogen-bond acceptors (Lipinski definition) is 3. The zero-order valence-electron chi connectivity index (χ0n) is 14.3. The number of benzene rings is 1. The SMILES string of the molecule is O=C(NC[C@H]1c2ccccc2CCN1S(=O)(=O)CBr)C1CCCCC1. The molecule has 1 fully saturated rings. The Morgan fingerprint density at radius 1 is 1.20 bits per heavy atom. The maximum atomic E-state index is 12.5. The minimum atomic E-state index is -3.39. The van der Waals surface area contributed by atoms with Crippen LogP contribution in [0.2, 0.25) is 0 Å². The average molecular weight is 429 g/mol. The average Bonchev–Trinajstić information content (AvgIpc) is 2.66. The Hall–Kier alpha value is -0.920. The molecular formula is C18H25BrN2O3S. The number of nitrogens with zero attached hydrogens (tertiary/aromatic N) is 1. The van der Waals surface area contributed by atoms with Gasteiger partial charge >= 0.3 is 0 Å². The van der Waals surface area contributed by atoms with Crippen molar-refractivity contribution < 1.29 is 13.2 Å². The molecule has 3 rings (SSSR count). The van der Waals surface area contributed by atoms with E-state index in [1.165, 1.54) is 16.3 Å². The Morgan fingerprint density at radius 3 is 2.64 bits per heavy atom. The summed E-state index contributed by atoms with van der Waals surface area (Å²) in [5, 5.41) is 3.03. The van der Waals surface area contributed by atoms with Crippen LogP contribution in [0.3, 0.4) is 0 Å². The molecule has 0 spiro atoms. The summed E-state index contributed by atoms with van der Waals surface area (Å²) in [5.41, 5.74) is 2.17. The molecule has 1 aliphatic carbocycles. The van der Waals surface area contributed by atoms with E-state index in [-0.39, 0.29) is 22.5 Å². The maximum Gasteiger partial charge on any atom is 0.224 e. The number of hydrogen-bond donors (Lipinski definition) is 1. The molecule has 1 atom stereocenters. The van der Waals surface area contributed by atoms with Gasteiger partial charge in [-0.2, -0.15) is 4.31 Å². The summed E-state index contributed by atoms with van der Waals surface area (Å²) in [6.45, 7) is 0.785. The van der Waals surface area contributed by atoms with Gasteiger partial charge in [-0.1, -0.05) is 59.5 Å². The predicted molar refractivity (Wildman–Crippen MR) is 102 cm³/mol. The second-order valence-electron chi connectivity index (χ2n) is 6.88. The van der Waals surface area contributed by atoms with E-state index < -0.39 is 10.0 Å². The Labute approximate surface area is 158 Å². The molecule has 1 N–H and O–H groups in total. The van der Waals surface area contributed by atoms with Crippen LogP contribution < -0.4 is 5.32 Å². The number of sulfonamides is 1. The number of fused-ring (bicyclic) bond motifs is 1. The number of halogens is 1. The monoisotopic (exact) mass is 428 g/mol. The third-order valence-electron chi connectivity index (χ3n) is 5.30. The molecule has 25 heavy (non-hydrogen) atoms. The Balaban J connectivity index is 1.78. The van der Waals surface area contributed by atoms with E-state index in [2.05, 4.69) is 21.2 Å². The van der Waals surface area contributed by atoms with E-state index in [4.69, 9.17) is 0 Å². The van der Waals surface area contributed by atoms with Crippen LogP contribution in [0.1, 0.15) is 49.3 Å². The molecule has 0 radical (unpaired) electrons. The highest BCUT2D eigenvalue weighted by molar-refractivity contribution is 9.10. The number of alkyl halides is 1. The summed E-state index contributed by atoms with van der Waals surface area (Å²) in [6, 6.07) is 7.59. The lowest BCUT2D eigenvalue weighted by Crippen LogP contribution is -2.46. The molecule has 1 heterocycles. The highest BCUT2D eigenvalue weighted by Gasteiger charge is 2.35. The molecule has 1 aromatic rings. The standard InChI is InChI=1S/C18H25BrN2O3S/c19-13-25(23,24)21-11-10-14-6-4-5-9-16(14)17(21)12-20-18(22)15-7-2-1-3-8-15/h4-6,9,15,17H,1-3,7-8,10-13H2,(H,20,22)/t17-/m0/s1. The molecule has 0 unspecified atom stereocenters. The number of nitrogens with one attached hydrogen (secondary N) is 1. The zero-order valence-corrected chi connectivity index (χ0v) is 16.7. The van der Waals surface area contributed by atoms with Gasteiger partial charge in [-0.25, -0.2) is 8.42 Å². The van der Waals surface area contributed by atoms with Crippen LogP contribution in [0.4, 0.5) is 0 Å². The van der Waals surface area contributed by atoms with Gasteiger partial charge in [0.25, 0.3) is 0 Å². The van der Waals surface area contributed by atoms with Crippen LogP contribution in [-0.2, 0) is 21.2 Å². The van der Waals surface area contributed by atoms with Crippen molar-refractivity contribution >= 4 is 31.9 Å². The van der Waals surface area contributed by atoms with Crippen molar-refractivity contribution in [2.45, 2.75) is 44.6 Å². The largest absolute Gasteiger partial charge is 0.354 e. The molecule has 1 aromatic carbocycles. The van der Waals surface area contributed by atoms with Crippen molar-refractivity contribution in [2.75, 3.05) is 17.8 Å². The maximum absolute atomic E-state index is 12.5. The van der Waals surface area contributed by atoms with Crippen LogP contribution in [0.25, 0.3) is 0 Å². The lowest BCUT2D eigenvalue weighted by atomic mass is 9.88. The summed E-state index contributed by atoms with van der Waals surface area (Å²) >= 11 is 3.10. The van der Waals surface area contributed by atoms with Gasteiger partial charge in [-0.05, 0) is 30.4 Å². The van der Waals surface area contributed by atoms with Crippen LogP contribution in [0.15, 0.2) is 24.3 Å². The van der Waals surface area contributed by atoms with E-state index in [1.807, 2.05) is 24.3 Å². The van der Waals surface area contributed by atoms with Crippen molar-refractivity contribution in [3.63, 3.8) is 0 Å². The van der Waals surface area contributed by atoms with Gasteiger partial charge in [-0.15, -0.1) is 0 Å². The summed E-state index contributed by atoms with van der Waals surface area (Å²) in [7, 11) is -3.39. The third kappa shape index (κ3) is 4.26. The van der Waals surface area contributed by atoms with E-state index in [9.17, 15) is 13.2 Å². The zero-order chi connectivity index (χ0) is 17.9. The first-order valence-corrected chi connectivity index (χ1v) is 11.7. The second-order valence-corrected chi connectivity index (χ2v) is 10.1. The molecule has 5 nitrogen and oxygen atoms in total. The normalized spacial score (nSPS) is 22.4. The summed E-state index contributed by atoms with van der Waals surface area (Å²) < 4.78 is 26.4. The number of carbonyl (C=O) groups excluding carboxylic acids is 1. The van der Waals surface area contributed by atoms with Crippen LogP contribution in [-0.4, -0.2) is 36.4 Å². The molecule has 2 aliphatic rings. The molecule has 138 valence electrons. The van der Waals surface area contributed by atoms with Crippen LogP contribution in [0.5, 0.6) is 0 Å². The first-order chi connectivity index (χ1) is 12.0. The minimum absolute atomic E-state index is 0.0685. The first kappa shape index (κ1) is 18.9. The topological polar surface area (TPSA) is 66.5 Å². The highest BCUT2D eigenvalue weighted by Crippen LogP contribution is 2.32. The van der Waals surface area contributed by atoms with Crippen molar-refractivity contribution in [1.29, 1.82) is 0 Å². The van der Waals surface area contributed by atoms with E-state index >= 15 is 0 Å². The molecule has 1 aliphatic heterocycles. The first-order valence-electron chi connectivity index (χ1n) is 8.94. The smallest absolute Gasteiger partial charge is 0.224 e. The number of carbonyl (C=O) groups is 1. The van der Waals surface area contributed by atoms with Crippen LogP contribution in [0, 0.1) is 5.92 Å². The van der Waals surface area contributed by atoms with Gasteiger partial charge in [0.2, 0.25) is 15.9 Å². The van der Waals surface area contributed by atoms with Crippen molar-refractivity contribution in [2.24, 2.45) is 5.92 Å². The van der Waals surface area contributed by atoms with Crippen molar-refractivity contribution in [1.82, 2.24) is 9.62 Å². The molecule has 0 bridgehead atoms. The molecule has 0 saturated heterocycles. The van der Waals surface area contributed by atoms with E-state index in [0.29, 0.717) is 19.5 Å². The summed E-state index contributed by atoms with van der Waals surface area (Å²) in [6.07, 6.45) is 6.00. The van der Waals surface area contributed by atoms with Gasteiger partial charge in [0.05, 0.1) is 6.04 Å². The fourth-order valence-corrected chi connectivity index (χ4v) is 5.80. The Kier molecular flexibility index (Phi) is 6.17. The number of rotatable bonds is 5. The minimum Gasteiger partial charge on any atom is -0.354 e. The van der Waals surface area contributed by atoms with Crippen molar-refractivity contribution in [3.8, 4) is 0 Å². The Bertz CT molecular complexity index is 717. The third-order valence-corrected chi connectivity index (χ3v) is 8.47. The molecule has 1 saturated carbocycles. The quantitative estimate of drug-likeness (QED) is 0.732. The molecule has 1 amide bonds. The molecule has 0 aromatic heterocycles. The van der Waals surface area contributed by atoms with E-state index in [1.54, 1.807) is 0 Å². The number of amides is 1. The Morgan fingerprint density at radius 2 is 1.92 bits per heavy atom. The fraction of sp³-hybridized carbons (Fsp3) is 0.611. The van der Waals surface area contributed by atoms with Crippen molar-refractivity contribution in [3.05, 3.63) is 35.4 Å². The van der Waals surface area contributed by atoms with Crippen LogP contribution >= 0.6 is 15.9 Å². The summed E-state index contributed by atoms with van der Waals surface area (Å²) in [5.74, 6) is 0.146. The highest BCUT2D eigenvalue weighted by atomic mass is 79.9. The van der Waals surface area contributed by atoms with E-state index in [0.717, 1.165) is 31.2 Å². The second kappa shape index (κ2) is 8.18. The lowest BCUT2D eigenvalue weighted by molar-refractivity contribution is -0.126. The van der Waals surface area contributed by atoms with Gasteiger partial charge in [-0.3, -0.25) is 4.79 Å². The molecule has 7 heteroatoms. The van der Waals surface area contributed by atoms with Gasteiger partial charge < -0.3 is 5.32 Å². The molecular weight excluding hydrogens is 404 g/mol. The summed E-state index contributed by atoms with van der Waals surface area (Å²) in [4.78, 5) is 12.5. The predicted octanol–water partition coefficient (Wildman–Crippen LogP) is 2.96.